The molecule has 70 heavy (non-hydrogen) atoms. The average Bonchev–Trinajstić information content (AvgIpc) is 3.86. The molecule has 10 aromatic carbocycles. The minimum absolute atomic E-state index is 0.279. The zero-order valence-electron chi connectivity index (χ0n) is 37.2. The predicted molar refractivity (Wildman–Crippen MR) is 269 cm³/mol. The Kier molecular flexibility index (Phi) is 10.0. The molecule has 1 spiro atoms. The molecule has 1 nitrogen and oxygen atoms in total. The Morgan fingerprint density at radius 1 is 0.286 bits per heavy atom. The van der Waals surface area contributed by atoms with Gasteiger partial charge in [-0.05, 0) is 138 Å². The summed E-state index contributed by atoms with van der Waals surface area (Å²) in [5.74, 6) is 0. The zero-order chi connectivity index (χ0) is 47.8. The van der Waals surface area contributed by atoms with Crippen LogP contribution in [-0.4, -0.2) is 0 Å². The number of hydrogen-bond acceptors (Lipinski definition) is 1. The van der Waals surface area contributed by atoms with Gasteiger partial charge in [-0.15, -0.1) is 0 Å². The number of hydrogen-bond donors (Lipinski definition) is 0. The minimum Gasteiger partial charge on any atom is -0.310 e. The lowest BCUT2D eigenvalue weighted by Gasteiger charge is -2.34. The summed E-state index contributed by atoms with van der Waals surface area (Å²) < 4.78 is 89.8. The summed E-state index contributed by atoms with van der Waals surface area (Å²) in [5.41, 5.74) is 10.6. The number of nitrogens with zero attached hydrogens (tertiary/aromatic N) is 1. The van der Waals surface area contributed by atoms with Crippen LogP contribution in [0.1, 0.15) is 33.4 Å². The van der Waals surface area contributed by atoms with Crippen molar-refractivity contribution >= 4 is 17.1 Å². The second-order valence-electron chi connectivity index (χ2n) is 17.8. The standard InChI is InChI=1S/C63H39F6N/c64-62(65,66)46-29-34-51-52-35-30-47(63(67,68)69)39-58(52)61(57(51)38-46)56-25-11-10-22-50(56)54-23-13-24-55(60(54)61)53-33-28-45(42-18-8-3-9-19-42)37-59(53)70(48-31-26-43(27-32-48)40-14-4-1-5-15-40)49-21-12-20-44(36-49)41-16-6-2-7-17-41/h1-39H. The molecule has 0 unspecified atom stereocenters. The van der Waals surface area contributed by atoms with Gasteiger partial charge in [-0.2, -0.15) is 26.3 Å². The van der Waals surface area contributed by atoms with E-state index in [1.54, 1.807) is 0 Å². The molecule has 0 amide bonds. The average molecular weight is 924 g/mol. The van der Waals surface area contributed by atoms with Crippen molar-refractivity contribution in [2.45, 2.75) is 17.8 Å². The van der Waals surface area contributed by atoms with E-state index in [0.717, 1.165) is 91.4 Å². The van der Waals surface area contributed by atoms with Crippen LogP contribution in [0.5, 0.6) is 0 Å². The van der Waals surface area contributed by atoms with Gasteiger partial charge in [0.25, 0.3) is 0 Å². The highest BCUT2D eigenvalue weighted by atomic mass is 19.4. The van der Waals surface area contributed by atoms with Crippen LogP contribution in [0.2, 0.25) is 0 Å². The fourth-order valence-corrected chi connectivity index (χ4v) is 10.9. The number of anilines is 3. The van der Waals surface area contributed by atoms with Crippen LogP contribution in [0.15, 0.2) is 237 Å². The molecule has 0 N–H and O–H groups in total. The first-order chi connectivity index (χ1) is 34.0. The Bertz CT molecular complexity index is 3550. The molecule has 0 bridgehead atoms. The topological polar surface area (TPSA) is 3.24 Å². The first-order valence-electron chi connectivity index (χ1n) is 23.0. The maximum atomic E-state index is 15.0. The van der Waals surface area contributed by atoms with Crippen LogP contribution >= 0.6 is 0 Å². The molecule has 0 fully saturated rings. The lowest BCUT2D eigenvalue weighted by atomic mass is 9.68. The van der Waals surface area contributed by atoms with Gasteiger partial charge < -0.3 is 4.90 Å². The second kappa shape index (κ2) is 16.4. The molecule has 0 heterocycles. The Balaban J connectivity index is 1.18. The van der Waals surface area contributed by atoms with Crippen molar-refractivity contribution in [2.75, 3.05) is 4.90 Å². The monoisotopic (exact) mass is 923 g/mol. The molecule has 0 radical (unpaired) electrons. The molecule has 2 aliphatic carbocycles. The van der Waals surface area contributed by atoms with E-state index in [-0.39, 0.29) is 11.1 Å². The van der Waals surface area contributed by atoms with E-state index in [4.69, 9.17) is 0 Å². The Hall–Kier alpha value is -8.42. The van der Waals surface area contributed by atoms with Crippen molar-refractivity contribution in [1.82, 2.24) is 0 Å². The summed E-state index contributed by atoms with van der Waals surface area (Å²) in [6.07, 6.45) is -9.46. The van der Waals surface area contributed by atoms with Gasteiger partial charge in [0.05, 0.1) is 22.2 Å². The quantitative estimate of drug-likeness (QED) is 0.144. The third kappa shape index (κ3) is 6.94. The van der Waals surface area contributed by atoms with Gasteiger partial charge in [0, 0.05) is 16.9 Å². The number of alkyl halides is 6. The van der Waals surface area contributed by atoms with Crippen molar-refractivity contribution in [3.8, 4) is 66.8 Å². The van der Waals surface area contributed by atoms with Gasteiger partial charge in [-0.25, -0.2) is 0 Å². The van der Waals surface area contributed by atoms with E-state index in [9.17, 15) is 26.3 Å². The van der Waals surface area contributed by atoms with Crippen LogP contribution in [-0.2, 0) is 17.8 Å². The molecule has 0 aliphatic heterocycles. The number of rotatable bonds is 7. The molecule has 7 heteroatoms. The van der Waals surface area contributed by atoms with Crippen molar-refractivity contribution in [1.29, 1.82) is 0 Å². The Morgan fingerprint density at radius 2 is 0.700 bits per heavy atom. The van der Waals surface area contributed by atoms with Crippen molar-refractivity contribution in [3.63, 3.8) is 0 Å². The Labute approximate surface area is 401 Å². The summed E-state index contributed by atoms with van der Waals surface area (Å²) in [4.78, 5) is 2.21. The molecule has 12 rings (SSSR count). The van der Waals surface area contributed by atoms with Gasteiger partial charge in [-0.1, -0.05) is 182 Å². The van der Waals surface area contributed by atoms with Crippen LogP contribution in [0.3, 0.4) is 0 Å². The molecule has 338 valence electrons. The van der Waals surface area contributed by atoms with Gasteiger partial charge >= 0.3 is 12.4 Å². The van der Waals surface area contributed by atoms with E-state index in [1.807, 2.05) is 127 Å². The third-order valence-electron chi connectivity index (χ3n) is 13.9. The molecule has 10 aromatic rings. The van der Waals surface area contributed by atoms with Gasteiger partial charge in [0.1, 0.15) is 0 Å². The van der Waals surface area contributed by atoms with Crippen molar-refractivity contribution in [2.24, 2.45) is 0 Å². The molecule has 0 saturated carbocycles. The van der Waals surface area contributed by atoms with E-state index in [2.05, 4.69) is 77.7 Å². The maximum absolute atomic E-state index is 15.0. The fraction of sp³-hybridized carbons (Fsp3) is 0.0476. The summed E-state index contributed by atoms with van der Waals surface area (Å²) in [6.45, 7) is 0. The second-order valence-corrected chi connectivity index (χ2v) is 17.8. The van der Waals surface area contributed by atoms with Crippen LogP contribution in [0.25, 0.3) is 66.8 Å². The van der Waals surface area contributed by atoms with Gasteiger partial charge in [0.15, 0.2) is 0 Å². The summed E-state index contributed by atoms with van der Waals surface area (Å²) in [7, 11) is 0. The largest absolute Gasteiger partial charge is 0.416 e. The zero-order valence-corrected chi connectivity index (χ0v) is 37.2. The minimum atomic E-state index is -4.73. The molecule has 0 aromatic heterocycles. The molecule has 0 atom stereocenters. The van der Waals surface area contributed by atoms with Crippen LogP contribution in [0.4, 0.5) is 43.4 Å². The summed E-state index contributed by atoms with van der Waals surface area (Å²) in [5, 5.41) is 0. The molecule has 2 aliphatic rings. The maximum Gasteiger partial charge on any atom is 0.416 e. The summed E-state index contributed by atoms with van der Waals surface area (Å²) in [6, 6.07) is 73.6. The SMILES string of the molecule is FC(F)(F)c1ccc2c(c1)C1(c3cc(C(F)(F)F)ccc3-2)c2ccccc2-c2cccc(-c3ccc(-c4ccccc4)cc3N(c3ccc(-c4ccccc4)cc3)c3cccc(-c4ccccc4)c3)c21. The van der Waals surface area contributed by atoms with Crippen molar-refractivity contribution < 1.29 is 26.3 Å². The molecular formula is C63H39F6N. The first kappa shape index (κ1) is 42.9. The smallest absolute Gasteiger partial charge is 0.310 e. The Morgan fingerprint density at radius 3 is 1.27 bits per heavy atom. The van der Waals surface area contributed by atoms with E-state index in [1.165, 1.54) is 12.1 Å². The highest BCUT2D eigenvalue weighted by Crippen LogP contribution is 2.66. The molecule has 0 saturated heterocycles. The van der Waals surface area contributed by atoms with E-state index >= 15 is 0 Å². The van der Waals surface area contributed by atoms with Crippen LogP contribution in [0, 0.1) is 0 Å². The fourth-order valence-electron chi connectivity index (χ4n) is 10.9. The van der Waals surface area contributed by atoms with Crippen molar-refractivity contribution in [3.05, 3.63) is 270 Å². The van der Waals surface area contributed by atoms with Gasteiger partial charge in [0.2, 0.25) is 0 Å². The number of benzene rings is 10. The normalized spacial score (nSPS) is 13.1. The van der Waals surface area contributed by atoms with E-state index < -0.39 is 28.9 Å². The highest BCUT2D eigenvalue weighted by molar-refractivity contribution is 6.02. The third-order valence-corrected chi connectivity index (χ3v) is 13.9. The van der Waals surface area contributed by atoms with E-state index in [0.29, 0.717) is 27.8 Å². The van der Waals surface area contributed by atoms with Crippen LogP contribution < -0.4 is 4.90 Å². The lowest BCUT2D eigenvalue weighted by molar-refractivity contribution is -0.138. The number of halogens is 6. The predicted octanol–water partition coefficient (Wildman–Crippen LogP) is 18.2. The number of fused-ring (bicyclic) bond motifs is 10. The molecular weight excluding hydrogens is 885 g/mol. The lowest BCUT2D eigenvalue weighted by Crippen LogP contribution is -2.28. The van der Waals surface area contributed by atoms with Gasteiger partial charge in [-0.3, -0.25) is 0 Å². The summed E-state index contributed by atoms with van der Waals surface area (Å²) >= 11 is 0. The highest BCUT2D eigenvalue weighted by Gasteiger charge is 2.54. The first-order valence-corrected chi connectivity index (χ1v) is 23.0.